The number of carbonyl (C=O) groups is 1. The van der Waals surface area contributed by atoms with E-state index in [2.05, 4.69) is 76.4 Å². The van der Waals surface area contributed by atoms with Gasteiger partial charge in [-0.15, -0.1) is 29.6 Å². The van der Waals surface area contributed by atoms with Crippen LogP contribution in [0.15, 0.2) is 83.4 Å². The molecule has 5 rings (SSSR count). The van der Waals surface area contributed by atoms with E-state index in [0.717, 1.165) is 22.5 Å². The lowest BCUT2D eigenvalue weighted by molar-refractivity contribution is -0.274. The Morgan fingerprint density at radius 1 is 1.02 bits per heavy atom. The smallest absolute Gasteiger partial charge is 0.406 e. The second-order valence-corrected chi connectivity index (χ2v) is 13.4. The van der Waals surface area contributed by atoms with Gasteiger partial charge in [0.25, 0.3) is 0 Å². The summed E-state index contributed by atoms with van der Waals surface area (Å²) in [7, 11) is 0. The number of benzene rings is 3. The van der Waals surface area contributed by atoms with Crippen molar-refractivity contribution in [1.82, 2.24) is 24.6 Å². The molecule has 0 aliphatic heterocycles. The number of carbonyl (C=O) groups excluding carboxylic acids is 1. The molecule has 1 N–H and O–H groups in total. The zero-order valence-electron chi connectivity index (χ0n) is 27.1. The van der Waals surface area contributed by atoms with E-state index in [9.17, 15) is 18.0 Å². The lowest BCUT2D eigenvalue weighted by atomic mass is 9.85. The normalized spacial score (nSPS) is 12.5. The summed E-state index contributed by atoms with van der Waals surface area (Å²) in [5.41, 5.74) is 6.68. The molecule has 0 aliphatic carbocycles. The van der Waals surface area contributed by atoms with Crippen molar-refractivity contribution in [3.63, 3.8) is 0 Å². The molecule has 2 heterocycles. The van der Waals surface area contributed by atoms with Crippen molar-refractivity contribution in [3.05, 3.63) is 106 Å². The predicted octanol–water partition coefficient (Wildman–Crippen LogP) is 8.30. The number of nitrogens with zero attached hydrogens (tertiary/aromatic N) is 5. The van der Waals surface area contributed by atoms with Gasteiger partial charge in [0, 0.05) is 23.2 Å². The van der Waals surface area contributed by atoms with Crippen LogP contribution in [0.3, 0.4) is 0 Å². The molecule has 5 aromatic rings. The molecular weight excluding hydrogens is 625 g/mol. The zero-order valence-corrected chi connectivity index (χ0v) is 27.9. The van der Waals surface area contributed by atoms with Crippen LogP contribution in [0.4, 0.5) is 18.0 Å². The molecule has 3 aromatic carbocycles. The second kappa shape index (κ2) is 13.6. The molecule has 0 bridgehead atoms. The van der Waals surface area contributed by atoms with Crippen molar-refractivity contribution in [1.29, 1.82) is 0 Å². The number of amides is 2. The molecule has 2 aromatic heterocycles. The van der Waals surface area contributed by atoms with Crippen LogP contribution in [0.2, 0.25) is 0 Å². The number of hydrogen-bond acceptors (Lipinski definition) is 5. The van der Waals surface area contributed by atoms with Crippen molar-refractivity contribution >= 4 is 17.4 Å². The quantitative estimate of drug-likeness (QED) is 0.172. The number of nitrogens with one attached hydrogen (secondary N) is 1. The van der Waals surface area contributed by atoms with E-state index in [1.165, 1.54) is 57.7 Å². The maximum atomic E-state index is 13.0. The molecular formula is C35H37F3N6O2S. The number of aryl methyl sites for hydroxylation is 2. The molecule has 12 heteroatoms. The highest BCUT2D eigenvalue weighted by atomic mass is 32.1. The van der Waals surface area contributed by atoms with Crippen molar-refractivity contribution in [2.45, 2.75) is 60.2 Å². The first-order valence-electron chi connectivity index (χ1n) is 15.2. The lowest BCUT2D eigenvalue weighted by Gasteiger charge is -2.24. The van der Waals surface area contributed by atoms with E-state index in [-0.39, 0.29) is 17.2 Å². The third-order valence-electron chi connectivity index (χ3n) is 7.64. The molecule has 0 atom stereocenters. The van der Waals surface area contributed by atoms with E-state index in [1.807, 2.05) is 42.6 Å². The number of alkyl halides is 3. The number of rotatable bonds is 9. The average molecular weight is 663 g/mol. The van der Waals surface area contributed by atoms with E-state index >= 15 is 0 Å². The van der Waals surface area contributed by atoms with Crippen molar-refractivity contribution < 1.29 is 22.7 Å². The van der Waals surface area contributed by atoms with Gasteiger partial charge in [-0.1, -0.05) is 64.1 Å². The molecule has 0 spiro atoms. The first-order valence-corrected chi connectivity index (χ1v) is 16.0. The minimum atomic E-state index is -4.75. The number of halogens is 3. The van der Waals surface area contributed by atoms with Gasteiger partial charge in [0.2, 0.25) is 0 Å². The largest absolute Gasteiger partial charge is 0.573 e. The van der Waals surface area contributed by atoms with Crippen LogP contribution in [0.25, 0.3) is 22.8 Å². The topological polar surface area (TPSA) is 86.3 Å². The Labute approximate surface area is 275 Å². The highest BCUT2D eigenvalue weighted by Crippen LogP contribution is 2.28. The SMILES string of the molecule is Cc1cccc(-n2c(C)csc2=NC(=O)NCC(C)(C)Cc2ccc(-c3ncn(-c4ccc(OC(F)(F)F)cc4)n3)cc2)c1C(C)C. The predicted molar refractivity (Wildman–Crippen MR) is 177 cm³/mol. The Morgan fingerprint density at radius 2 is 1.72 bits per heavy atom. The fraction of sp³-hybridized carbons (Fsp3) is 0.314. The first kappa shape index (κ1) is 33.6. The molecule has 2 amide bonds. The number of aromatic nitrogens is 4. The number of ether oxygens (including phenoxy) is 1. The lowest BCUT2D eigenvalue weighted by Crippen LogP contribution is -2.35. The van der Waals surface area contributed by atoms with E-state index in [1.54, 1.807) is 0 Å². The van der Waals surface area contributed by atoms with Gasteiger partial charge in [-0.2, -0.15) is 4.99 Å². The standard InChI is InChI=1S/C35H37F3N6O2S/c1-22(2)30-23(3)8-7-9-29(30)44-24(4)19-47-33(44)41-32(45)39-20-34(5,6)18-25-10-12-26(13-11-25)31-40-21-43(42-31)27-14-16-28(17-15-27)46-35(36,37)38/h7-17,19,21-22H,18,20H2,1-6H3,(H,39,45). The molecule has 47 heavy (non-hydrogen) atoms. The molecule has 0 saturated heterocycles. The summed E-state index contributed by atoms with van der Waals surface area (Å²) in [5, 5.41) is 9.48. The molecule has 246 valence electrons. The molecule has 0 fully saturated rings. The van der Waals surface area contributed by atoms with E-state index < -0.39 is 6.36 Å². The van der Waals surface area contributed by atoms with Gasteiger partial charge in [-0.05, 0) is 78.6 Å². The van der Waals surface area contributed by atoms with Crippen LogP contribution < -0.4 is 14.9 Å². The summed E-state index contributed by atoms with van der Waals surface area (Å²) in [6.45, 7) is 13.1. The highest BCUT2D eigenvalue weighted by Gasteiger charge is 2.31. The van der Waals surface area contributed by atoms with Crippen LogP contribution in [0.1, 0.15) is 56.0 Å². The Kier molecular flexibility index (Phi) is 9.71. The van der Waals surface area contributed by atoms with Gasteiger partial charge in [-0.25, -0.2) is 14.5 Å². The van der Waals surface area contributed by atoms with Crippen LogP contribution in [-0.4, -0.2) is 38.3 Å². The summed E-state index contributed by atoms with van der Waals surface area (Å²) >= 11 is 1.44. The maximum Gasteiger partial charge on any atom is 0.573 e. The van der Waals surface area contributed by atoms with Gasteiger partial charge in [0.15, 0.2) is 10.6 Å². The second-order valence-electron chi connectivity index (χ2n) is 12.5. The van der Waals surface area contributed by atoms with Gasteiger partial charge in [0.1, 0.15) is 12.1 Å². The van der Waals surface area contributed by atoms with Crippen LogP contribution in [0.5, 0.6) is 5.75 Å². The Bertz CT molecular complexity index is 1920. The third-order valence-corrected chi connectivity index (χ3v) is 8.58. The Morgan fingerprint density at radius 3 is 2.38 bits per heavy atom. The third kappa shape index (κ3) is 8.37. The number of hydrogen-bond donors (Lipinski definition) is 1. The first-order chi connectivity index (χ1) is 22.2. The summed E-state index contributed by atoms with van der Waals surface area (Å²) < 4.78 is 44.8. The average Bonchev–Trinajstić information content (AvgIpc) is 3.63. The molecule has 0 saturated carbocycles. The Hall–Kier alpha value is -4.71. The zero-order chi connectivity index (χ0) is 33.9. The van der Waals surface area contributed by atoms with Crippen molar-refractivity contribution in [3.8, 4) is 28.5 Å². The summed E-state index contributed by atoms with van der Waals surface area (Å²) in [6, 6.07) is 19.1. The minimum absolute atomic E-state index is 0.253. The molecule has 0 aliphatic rings. The monoisotopic (exact) mass is 662 g/mol. The van der Waals surface area contributed by atoms with E-state index in [4.69, 9.17) is 0 Å². The van der Waals surface area contributed by atoms with Gasteiger partial charge in [-0.3, -0.25) is 4.57 Å². The van der Waals surface area contributed by atoms with Crippen LogP contribution >= 0.6 is 11.3 Å². The fourth-order valence-electron chi connectivity index (χ4n) is 5.52. The van der Waals surface area contributed by atoms with Crippen molar-refractivity contribution in [2.75, 3.05) is 6.54 Å². The summed E-state index contributed by atoms with van der Waals surface area (Å²) in [4.78, 5) is 22.5. The van der Waals surface area contributed by atoms with Gasteiger partial charge in [0.05, 0.1) is 11.4 Å². The Balaban J connectivity index is 1.22. The number of urea groups is 1. The molecule has 0 radical (unpaired) electrons. The summed E-state index contributed by atoms with van der Waals surface area (Å²) in [5.74, 6) is 0.491. The number of thiazole rings is 1. The van der Waals surface area contributed by atoms with Gasteiger partial charge >= 0.3 is 12.4 Å². The van der Waals surface area contributed by atoms with Gasteiger partial charge < -0.3 is 10.1 Å². The summed E-state index contributed by atoms with van der Waals surface area (Å²) in [6.07, 6.45) is -2.54. The van der Waals surface area contributed by atoms with Crippen LogP contribution in [-0.2, 0) is 6.42 Å². The van der Waals surface area contributed by atoms with Crippen LogP contribution in [0, 0.1) is 19.3 Å². The highest BCUT2D eigenvalue weighted by molar-refractivity contribution is 7.07. The fourth-order valence-corrected chi connectivity index (χ4v) is 6.39. The minimum Gasteiger partial charge on any atom is -0.406 e. The van der Waals surface area contributed by atoms with E-state index in [0.29, 0.717) is 35.2 Å². The molecule has 8 nitrogen and oxygen atoms in total. The van der Waals surface area contributed by atoms with Crippen molar-refractivity contribution in [2.24, 2.45) is 10.4 Å². The molecule has 0 unspecified atom stereocenters. The maximum absolute atomic E-state index is 13.0.